The van der Waals surface area contributed by atoms with Gasteiger partial charge in [-0.15, -0.1) is 0 Å². The zero-order valence-corrected chi connectivity index (χ0v) is 11.2. The summed E-state index contributed by atoms with van der Waals surface area (Å²) in [5.41, 5.74) is 1.00. The minimum Gasteiger partial charge on any atom is -0.345 e. The Kier molecular flexibility index (Phi) is 3.15. The first kappa shape index (κ1) is 12.2. The number of imidazole rings is 1. The molecular formula is C12H19N3O2S. The van der Waals surface area contributed by atoms with Crippen LogP contribution in [-0.2, 0) is 9.84 Å². The average molecular weight is 269 g/mol. The highest BCUT2D eigenvalue weighted by Crippen LogP contribution is 2.30. The van der Waals surface area contributed by atoms with Crippen LogP contribution in [0.5, 0.6) is 0 Å². The van der Waals surface area contributed by atoms with Crippen LogP contribution in [0.3, 0.4) is 0 Å². The predicted molar refractivity (Wildman–Crippen MR) is 69.4 cm³/mol. The molecule has 2 N–H and O–H groups in total. The smallest absolute Gasteiger partial charge is 0.151 e. The number of rotatable bonds is 2. The van der Waals surface area contributed by atoms with Crippen molar-refractivity contribution in [3.8, 4) is 0 Å². The Morgan fingerprint density at radius 3 is 2.61 bits per heavy atom. The quantitative estimate of drug-likeness (QED) is 0.832. The van der Waals surface area contributed by atoms with Gasteiger partial charge in [-0.05, 0) is 32.4 Å². The van der Waals surface area contributed by atoms with Crippen molar-refractivity contribution >= 4 is 9.84 Å². The Bertz CT molecular complexity index is 517. The van der Waals surface area contributed by atoms with Crippen LogP contribution in [0.2, 0.25) is 0 Å². The van der Waals surface area contributed by atoms with E-state index in [0.717, 1.165) is 43.9 Å². The summed E-state index contributed by atoms with van der Waals surface area (Å²) in [6, 6.07) is 0. The molecule has 18 heavy (non-hydrogen) atoms. The highest BCUT2D eigenvalue weighted by Gasteiger charge is 2.30. The standard InChI is InChI=1S/C12H19N3O2S/c16-18(17)6-3-10(8-18)11-7-14-12(15-11)9-1-4-13-5-2-9/h7,9-10,13H,1-6,8H2,(H,14,15). The second kappa shape index (κ2) is 4.66. The molecule has 0 radical (unpaired) electrons. The molecule has 3 rings (SSSR count). The van der Waals surface area contributed by atoms with Crippen molar-refractivity contribution in [3.05, 3.63) is 17.7 Å². The molecule has 3 heterocycles. The Hall–Kier alpha value is -0.880. The predicted octanol–water partition coefficient (Wildman–Crippen LogP) is 0.779. The van der Waals surface area contributed by atoms with E-state index in [4.69, 9.17) is 0 Å². The Labute approximate surface area is 107 Å². The lowest BCUT2D eigenvalue weighted by Gasteiger charge is -2.20. The van der Waals surface area contributed by atoms with Gasteiger partial charge in [0.15, 0.2) is 9.84 Å². The van der Waals surface area contributed by atoms with Crippen molar-refractivity contribution in [1.82, 2.24) is 15.3 Å². The molecule has 0 bridgehead atoms. The molecule has 0 amide bonds. The summed E-state index contributed by atoms with van der Waals surface area (Å²) in [4.78, 5) is 7.81. The number of sulfone groups is 1. The maximum Gasteiger partial charge on any atom is 0.151 e. The second-order valence-electron chi connectivity index (χ2n) is 5.35. The molecule has 1 aromatic rings. The normalized spacial score (nSPS) is 28.6. The number of nitrogens with one attached hydrogen (secondary N) is 2. The lowest BCUT2D eigenvalue weighted by Crippen LogP contribution is -2.27. The molecule has 0 aromatic carbocycles. The highest BCUT2D eigenvalue weighted by atomic mass is 32.2. The lowest BCUT2D eigenvalue weighted by molar-refractivity contribution is 0.446. The van der Waals surface area contributed by atoms with E-state index in [0.29, 0.717) is 11.7 Å². The zero-order chi connectivity index (χ0) is 12.6. The number of nitrogens with zero attached hydrogens (tertiary/aromatic N) is 1. The summed E-state index contributed by atoms with van der Waals surface area (Å²) in [6.07, 6.45) is 4.78. The topological polar surface area (TPSA) is 74.8 Å². The molecule has 2 fully saturated rings. The molecule has 5 nitrogen and oxygen atoms in total. The van der Waals surface area contributed by atoms with Crippen LogP contribution in [-0.4, -0.2) is 43.0 Å². The molecule has 1 unspecified atom stereocenters. The molecule has 100 valence electrons. The third-order valence-electron chi connectivity index (χ3n) is 4.01. The van der Waals surface area contributed by atoms with E-state index in [1.165, 1.54) is 0 Å². The van der Waals surface area contributed by atoms with E-state index in [-0.39, 0.29) is 11.7 Å². The van der Waals surface area contributed by atoms with Gasteiger partial charge in [0.1, 0.15) is 5.82 Å². The van der Waals surface area contributed by atoms with Gasteiger partial charge in [0.2, 0.25) is 0 Å². The van der Waals surface area contributed by atoms with Crippen molar-refractivity contribution in [1.29, 1.82) is 0 Å². The molecule has 1 aromatic heterocycles. The van der Waals surface area contributed by atoms with Crippen LogP contribution in [0.25, 0.3) is 0 Å². The number of hydrogen-bond acceptors (Lipinski definition) is 4. The average Bonchev–Trinajstić information content (AvgIpc) is 2.96. The summed E-state index contributed by atoms with van der Waals surface area (Å²) in [5, 5.41) is 3.34. The zero-order valence-electron chi connectivity index (χ0n) is 10.4. The summed E-state index contributed by atoms with van der Waals surface area (Å²) in [6.45, 7) is 2.08. The molecule has 6 heteroatoms. The van der Waals surface area contributed by atoms with Crippen molar-refractivity contribution in [2.45, 2.75) is 31.1 Å². The van der Waals surface area contributed by atoms with Crippen molar-refractivity contribution in [3.63, 3.8) is 0 Å². The fourth-order valence-corrected chi connectivity index (χ4v) is 4.67. The minimum atomic E-state index is -2.82. The molecule has 2 aliphatic heterocycles. The SMILES string of the molecule is O=S1(=O)CCC(c2cnc(C3CCNCC3)[nH]2)C1. The molecular weight excluding hydrogens is 250 g/mol. The molecule has 0 aliphatic carbocycles. The van der Waals surface area contributed by atoms with Gasteiger partial charge >= 0.3 is 0 Å². The Morgan fingerprint density at radius 1 is 1.17 bits per heavy atom. The third-order valence-corrected chi connectivity index (χ3v) is 5.78. The maximum atomic E-state index is 11.5. The molecule has 2 saturated heterocycles. The van der Waals surface area contributed by atoms with Gasteiger partial charge in [-0.1, -0.05) is 0 Å². The monoisotopic (exact) mass is 269 g/mol. The van der Waals surface area contributed by atoms with E-state index in [9.17, 15) is 8.42 Å². The van der Waals surface area contributed by atoms with Gasteiger partial charge in [0, 0.05) is 23.7 Å². The summed E-state index contributed by atoms with van der Waals surface area (Å²) in [5.74, 6) is 2.26. The second-order valence-corrected chi connectivity index (χ2v) is 7.58. The van der Waals surface area contributed by atoms with Crippen molar-refractivity contribution in [2.75, 3.05) is 24.6 Å². The minimum absolute atomic E-state index is 0.123. The molecule has 0 spiro atoms. The lowest BCUT2D eigenvalue weighted by atomic mass is 9.97. The van der Waals surface area contributed by atoms with Gasteiger partial charge in [-0.2, -0.15) is 0 Å². The molecule has 0 saturated carbocycles. The Morgan fingerprint density at radius 2 is 1.94 bits per heavy atom. The fourth-order valence-electron chi connectivity index (χ4n) is 2.90. The van der Waals surface area contributed by atoms with Crippen LogP contribution < -0.4 is 5.32 Å². The van der Waals surface area contributed by atoms with Gasteiger partial charge in [0.25, 0.3) is 0 Å². The van der Waals surface area contributed by atoms with Crippen LogP contribution >= 0.6 is 0 Å². The third kappa shape index (κ3) is 2.44. The van der Waals surface area contributed by atoms with E-state index in [2.05, 4.69) is 15.3 Å². The molecule has 2 aliphatic rings. The summed E-state index contributed by atoms with van der Waals surface area (Å²) >= 11 is 0. The summed E-state index contributed by atoms with van der Waals surface area (Å²) in [7, 11) is -2.82. The first-order valence-electron chi connectivity index (χ1n) is 6.60. The van der Waals surface area contributed by atoms with Gasteiger partial charge in [-0.25, -0.2) is 13.4 Å². The number of piperidine rings is 1. The number of H-pyrrole nitrogens is 1. The number of aromatic amines is 1. The maximum absolute atomic E-state index is 11.5. The van der Waals surface area contributed by atoms with Gasteiger partial charge in [0.05, 0.1) is 11.5 Å². The van der Waals surface area contributed by atoms with Crippen LogP contribution in [0, 0.1) is 0 Å². The van der Waals surface area contributed by atoms with E-state index < -0.39 is 9.84 Å². The van der Waals surface area contributed by atoms with E-state index in [1.54, 1.807) is 0 Å². The highest BCUT2D eigenvalue weighted by molar-refractivity contribution is 7.91. The van der Waals surface area contributed by atoms with Crippen molar-refractivity contribution < 1.29 is 8.42 Å². The fraction of sp³-hybridized carbons (Fsp3) is 0.750. The van der Waals surface area contributed by atoms with E-state index in [1.807, 2.05) is 6.20 Å². The first-order valence-corrected chi connectivity index (χ1v) is 8.42. The van der Waals surface area contributed by atoms with Crippen LogP contribution in [0.15, 0.2) is 6.20 Å². The first-order chi connectivity index (χ1) is 8.64. The van der Waals surface area contributed by atoms with E-state index >= 15 is 0 Å². The van der Waals surface area contributed by atoms with Crippen LogP contribution in [0.1, 0.15) is 42.6 Å². The molecule has 1 atom stereocenters. The van der Waals surface area contributed by atoms with Crippen molar-refractivity contribution in [2.24, 2.45) is 0 Å². The van der Waals surface area contributed by atoms with Gasteiger partial charge in [-0.3, -0.25) is 0 Å². The van der Waals surface area contributed by atoms with Crippen LogP contribution in [0.4, 0.5) is 0 Å². The number of aromatic nitrogens is 2. The largest absolute Gasteiger partial charge is 0.345 e. The summed E-state index contributed by atoms with van der Waals surface area (Å²) < 4.78 is 23.0. The van der Waals surface area contributed by atoms with Gasteiger partial charge < -0.3 is 10.3 Å². The number of hydrogen-bond donors (Lipinski definition) is 2. The Balaban J connectivity index is 1.73.